The summed E-state index contributed by atoms with van der Waals surface area (Å²) in [6.07, 6.45) is 1.52. The number of hydrogen-bond donors (Lipinski definition) is 0. The van der Waals surface area contributed by atoms with Crippen LogP contribution in [0.5, 0.6) is 5.75 Å². The zero-order valence-electron chi connectivity index (χ0n) is 14.4. The van der Waals surface area contributed by atoms with Crippen molar-refractivity contribution >= 4 is 37.6 Å². The maximum absolute atomic E-state index is 13.4. The number of halogens is 1. The summed E-state index contributed by atoms with van der Waals surface area (Å²) in [7, 11) is -1.26. The van der Waals surface area contributed by atoms with Crippen molar-refractivity contribution in [2.24, 2.45) is 0 Å². The number of ether oxygens (including phenoxy) is 2. The summed E-state index contributed by atoms with van der Waals surface area (Å²) >= 11 is 3.42. The Balaban J connectivity index is 2.14. The van der Waals surface area contributed by atoms with Gasteiger partial charge in [-0.25, -0.2) is 13.2 Å². The number of esters is 1. The number of rotatable bonds is 4. The van der Waals surface area contributed by atoms with Gasteiger partial charge in [0.05, 0.1) is 25.5 Å². The van der Waals surface area contributed by atoms with Gasteiger partial charge in [0.2, 0.25) is 0 Å². The zero-order valence-corrected chi connectivity index (χ0v) is 16.8. The highest BCUT2D eigenvalue weighted by Gasteiger charge is 2.32. The second-order valence-electron chi connectivity index (χ2n) is 5.81. The van der Waals surface area contributed by atoms with Crippen molar-refractivity contribution in [2.75, 3.05) is 25.1 Å². The van der Waals surface area contributed by atoms with E-state index in [9.17, 15) is 13.2 Å². The number of fused-ring (bicyclic) bond motifs is 1. The van der Waals surface area contributed by atoms with Crippen LogP contribution in [0.1, 0.15) is 22.3 Å². The van der Waals surface area contributed by atoms with Crippen molar-refractivity contribution < 1.29 is 22.7 Å². The highest BCUT2D eigenvalue weighted by atomic mass is 79.9. The van der Waals surface area contributed by atoms with Crippen LogP contribution in [-0.4, -0.2) is 35.2 Å². The lowest BCUT2D eigenvalue weighted by Crippen LogP contribution is -2.35. The van der Waals surface area contributed by atoms with Crippen molar-refractivity contribution in [3.05, 3.63) is 52.0 Å². The second kappa shape index (κ2) is 7.28. The largest absolute Gasteiger partial charge is 0.495 e. The van der Waals surface area contributed by atoms with Crippen molar-refractivity contribution in [1.82, 2.24) is 0 Å². The SMILES string of the molecule is COC(=O)c1ccc(OC)c(S(=O)(=O)N2CCCc3cc(Br)ccc32)c1. The molecule has 0 unspecified atom stereocenters. The molecule has 0 radical (unpaired) electrons. The molecule has 0 saturated heterocycles. The van der Waals surface area contributed by atoms with E-state index in [1.807, 2.05) is 12.1 Å². The van der Waals surface area contributed by atoms with Gasteiger partial charge in [0.25, 0.3) is 10.0 Å². The van der Waals surface area contributed by atoms with E-state index in [1.54, 1.807) is 6.07 Å². The Morgan fingerprint density at radius 3 is 2.62 bits per heavy atom. The Morgan fingerprint density at radius 2 is 1.92 bits per heavy atom. The normalized spacial score (nSPS) is 13.9. The molecule has 2 aromatic rings. The highest BCUT2D eigenvalue weighted by Crippen LogP contribution is 2.36. The maximum atomic E-state index is 13.4. The number of sulfonamides is 1. The first kappa shape index (κ1) is 18.7. The molecule has 3 rings (SSSR count). The van der Waals surface area contributed by atoms with Gasteiger partial charge >= 0.3 is 5.97 Å². The van der Waals surface area contributed by atoms with Gasteiger partial charge < -0.3 is 9.47 Å². The van der Waals surface area contributed by atoms with E-state index >= 15 is 0 Å². The first-order chi connectivity index (χ1) is 12.4. The van der Waals surface area contributed by atoms with E-state index in [0.717, 1.165) is 16.5 Å². The number of anilines is 1. The maximum Gasteiger partial charge on any atom is 0.337 e. The van der Waals surface area contributed by atoms with Gasteiger partial charge in [0, 0.05) is 11.0 Å². The van der Waals surface area contributed by atoms with Gasteiger partial charge in [0.15, 0.2) is 0 Å². The van der Waals surface area contributed by atoms with Crippen LogP contribution in [0.2, 0.25) is 0 Å². The van der Waals surface area contributed by atoms with E-state index in [2.05, 4.69) is 15.9 Å². The summed E-state index contributed by atoms with van der Waals surface area (Å²) < 4.78 is 38.9. The summed E-state index contributed by atoms with van der Waals surface area (Å²) in [5.74, 6) is -0.422. The van der Waals surface area contributed by atoms with Crippen molar-refractivity contribution in [1.29, 1.82) is 0 Å². The van der Waals surface area contributed by atoms with Crippen molar-refractivity contribution in [2.45, 2.75) is 17.7 Å². The van der Waals surface area contributed by atoms with E-state index < -0.39 is 16.0 Å². The van der Waals surface area contributed by atoms with Crippen LogP contribution in [0.4, 0.5) is 5.69 Å². The van der Waals surface area contributed by atoms with E-state index in [0.29, 0.717) is 18.7 Å². The lowest BCUT2D eigenvalue weighted by Gasteiger charge is -2.31. The topological polar surface area (TPSA) is 72.9 Å². The monoisotopic (exact) mass is 439 g/mol. The van der Waals surface area contributed by atoms with Crippen LogP contribution < -0.4 is 9.04 Å². The number of hydrogen-bond acceptors (Lipinski definition) is 5. The molecule has 1 heterocycles. The second-order valence-corrected chi connectivity index (χ2v) is 8.56. The molecule has 26 heavy (non-hydrogen) atoms. The van der Waals surface area contributed by atoms with Crippen LogP contribution in [0, 0.1) is 0 Å². The third-order valence-corrected chi connectivity index (χ3v) is 6.60. The van der Waals surface area contributed by atoms with Crippen molar-refractivity contribution in [3.8, 4) is 5.75 Å². The van der Waals surface area contributed by atoms with E-state index in [1.165, 1.54) is 36.7 Å². The predicted octanol–water partition coefficient (Wildman–Crippen LogP) is 3.39. The number of methoxy groups -OCH3 is 2. The molecule has 0 N–H and O–H groups in total. The molecule has 0 bridgehead atoms. The van der Waals surface area contributed by atoms with Crippen LogP contribution in [0.3, 0.4) is 0 Å². The summed E-state index contributed by atoms with van der Waals surface area (Å²) in [5, 5.41) is 0. The molecule has 0 atom stereocenters. The first-order valence-corrected chi connectivity index (χ1v) is 10.2. The smallest absolute Gasteiger partial charge is 0.337 e. The Labute approximate surface area is 160 Å². The molecule has 0 aliphatic carbocycles. The average Bonchev–Trinajstić information content (AvgIpc) is 2.66. The highest BCUT2D eigenvalue weighted by molar-refractivity contribution is 9.10. The molecular weight excluding hydrogens is 422 g/mol. The van der Waals surface area contributed by atoms with Gasteiger partial charge in [-0.3, -0.25) is 4.31 Å². The third-order valence-electron chi connectivity index (χ3n) is 4.27. The fourth-order valence-electron chi connectivity index (χ4n) is 3.02. The Kier molecular flexibility index (Phi) is 5.24. The quantitative estimate of drug-likeness (QED) is 0.682. The fraction of sp³-hybridized carbons (Fsp3) is 0.278. The first-order valence-electron chi connectivity index (χ1n) is 7.96. The molecule has 0 aromatic heterocycles. The molecule has 0 amide bonds. The minimum absolute atomic E-state index is 0.0568. The van der Waals surface area contributed by atoms with Gasteiger partial charge in [-0.2, -0.15) is 0 Å². The van der Waals surface area contributed by atoms with Gasteiger partial charge in [-0.05, 0) is 54.8 Å². The number of aryl methyl sites for hydroxylation is 1. The van der Waals surface area contributed by atoms with Gasteiger partial charge in [0.1, 0.15) is 10.6 Å². The summed E-state index contributed by atoms with van der Waals surface area (Å²) in [6, 6.07) is 9.77. The molecule has 1 aliphatic heterocycles. The predicted molar refractivity (Wildman–Crippen MR) is 101 cm³/mol. The van der Waals surface area contributed by atoms with Gasteiger partial charge in [-0.15, -0.1) is 0 Å². The number of benzene rings is 2. The van der Waals surface area contributed by atoms with Crippen LogP contribution in [-0.2, 0) is 21.2 Å². The number of carbonyl (C=O) groups excluding carboxylic acids is 1. The minimum atomic E-state index is -3.91. The van der Waals surface area contributed by atoms with Crippen LogP contribution in [0.15, 0.2) is 45.8 Å². The Bertz CT molecular complexity index is 958. The van der Waals surface area contributed by atoms with Crippen molar-refractivity contribution in [3.63, 3.8) is 0 Å². The Hall–Kier alpha value is -2.06. The van der Waals surface area contributed by atoms with Gasteiger partial charge in [-0.1, -0.05) is 15.9 Å². The molecule has 0 fully saturated rings. The number of nitrogens with zero attached hydrogens (tertiary/aromatic N) is 1. The molecule has 0 spiro atoms. The molecule has 0 saturated carbocycles. The molecule has 6 nitrogen and oxygen atoms in total. The van der Waals surface area contributed by atoms with Crippen LogP contribution >= 0.6 is 15.9 Å². The lowest BCUT2D eigenvalue weighted by atomic mass is 10.0. The summed E-state index contributed by atoms with van der Waals surface area (Å²) in [5.41, 5.74) is 1.75. The molecule has 2 aromatic carbocycles. The minimum Gasteiger partial charge on any atom is -0.495 e. The fourth-order valence-corrected chi connectivity index (χ4v) is 5.16. The zero-order chi connectivity index (χ0) is 18.9. The standard InChI is InChI=1S/C18H18BrNO5S/c1-24-16-8-5-13(18(21)25-2)11-17(16)26(22,23)20-9-3-4-12-10-14(19)6-7-15(12)20/h5-8,10-11H,3-4,9H2,1-2H3. The molecule has 138 valence electrons. The third kappa shape index (κ3) is 3.31. The number of carbonyl (C=O) groups is 1. The molecule has 8 heteroatoms. The average molecular weight is 440 g/mol. The van der Waals surface area contributed by atoms with Crippen LogP contribution in [0.25, 0.3) is 0 Å². The lowest BCUT2D eigenvalue weighted by molar-refractivity contribution is 0.0600. The molecular formula is C18H18BrNO5S. The summed E-state index contributed by atoms with van der Waals surface area (Å²) in [6.45, 7) is 0.364. The van der Waals surface area contributed by atoms with E-state index in [4.69, 9.17) is 9.47 Å². The molecule has 1 aliphatic rings. The summed E-state index contributed by atoms with van der Waals surface area (Å²) in [4.78, 5) is 11.8. The Morgan fingerprint density at radius 1 is 1.15 bits per heavy atom. The van der Waals surface area contributed by atoms with E-state index in [-0.39, 0.29) is 16.2 Å².